The zero-order valence-electron chi connectivity index (χ0n) is 11.9. The van der Waals surface area contributed by atoms with Gasteiger partial charge in [-0.1, -0.05) is 26.0 Å². The SMILES string of the molecule is CCN(CC)CCOC(C)Cc1ccc(N)cc1. The molecular weight excluding hydrogens is 224 g/mol. The number of benzene rings is 1. The molecule has 0 aromatic heterocycles. The van der Waals surface area contributed by atoms with E-state index in [4.69, 9.17) is 10.5 Å². The Labute approximate surface area is 111 Å². The summed E-state index contributed by atoms with van der Waals surface area (Å²) in [6, 6.07) is 8.02. The Morgan fingerprint density at radius 1 is 1.17 bits per heavy atom. The summed E-state index contributed by atoms with van der Waals surface area (Å²) in [7, 11) is 0. The summed E-state index contributed by atoms with van der Waals surface area (Å²) >= 11 is 0. The third-order valence-electron chi connectivity index (χ3n) is 3.21. The van der Waals surface area contributed by atoms with Crippen LogP contribution >= 0.6 is 0 Å². The van der Waals surface area contributed by atoms with E-state index in [1.54, 1.807) is 0 Å². The van der Waals surface area contributed by atoms with Gasteiger partial charge in [0.1, 0.15) is 0 Å². The van der Waals surface area contributed by atoms with E-state index in [-0.39, 0.29) is 6.10 Å². The first kappa shape index (κ1) is 15.0. The van der Waals surface area contributed by atoms with Gasteiger partial charge >= 0.3 is 0 Å². The molecule has 3 nitrogen and oxygen atoms in total. The summed E-state index contributed by atoms with van der Waals surface area (Å²) < 4.78 is 5.84. The second-order valence-corrected chi connectivity index (χ2v) is 4.65. The van der Waals surface area contributed by atoms with Crippen LogP contribution in [0.15, 0.2) is 24.3 Å². The van der Waals surface area contributed by atoms with E-state index in [1.807, 2.05) is 12.1 Å². The molecule has 0 amide bonds. The topological polar surface area (TPSA) is 38.5 Å². The van der Waals surface area contributed by atoms with Crippen LogP contribution in [0.4, 0.5) is 5.69 Å². The fourth-order valence-electron chi connectivity index (χ4n) is 1.97. The molecule has 0 radical (unpaired) electrons. The van der Waals surface area contributed by atoms with Crippen LogP contribution in [0.1, 0.15) is 26.3 Å². The fraction of sp³-hybridized carbons (Fsp3) is 0.600. The highest BCUT2D eigenvalue weighted by molar-refractivity contribution is 5.39. The smallest absolute Gasteiger partial charge is 0.0597 e. The van der Waals surface area contributed by atoms with Crippen molar-refractivity contribution in [2.45, 2.75) is 33.3 Å². The van der Waals surface area contributed by atoms with Crippen molar-refractivity contribution < 1.29 is 4.74 Å². The van der Waals surface area contributed by atoms with Crippen molar-refractivity contribution in [3.05, 3.63) is 29.8 Å². The molecule has 0 fully saturated rings. The quantitative estimate of drug-likeness (QED) is 0.721. The number of nitrogens with two attached hydrogens (primary N) is 1. The summed E-state index contributed by atoms with van der Waals surface area (Å²) in [4.78, 5) is 2.37. The zero-order valence-corrected chi connectivity index (χ0v) is 11.9. The van der Waals surface area contributed by atoms with Gasteiger partial charge in [-0.3, -0.25) is 0 Å². The number of ether oxygens (including phenoxy) is 1. The summed E-state index contributed by atoms with van der Waals surface area (Å²) in [5.41, 5.74) is 7.76. The molecular formula is C15H26N2O. The summed E-state index contributed by atoms with van der Waals surface area (Å²) in [5.74, 6) is 0. The van der Waals surface area contributed by atoms with E-state index in [2.05, 4.69) is 37.8 Å². The molecule has 0 aliphatic carbocycles. The first-order valence-electron chi connectivity index (χ1n) is 6.84. The molecule has 1 unspecified atom stereocenters. The molecule has 0 saturated heterocycles. The predicted molar refractivity (Wildman–Crippen MR) is 77.8 cm³/mol. The standard InChI is InChI=1S/C15H26N2O/c1-4-17(5-2)10-11-18-13(3)12-14-6-8-15(16)9-7-14/h6-9,13H,4-5,10-12,16H2,1-3H3. The molecule has 0 bridgehead atoms. The normalized spacial score (nSPS) is 12.9. The lowest BCUT2D eigenvalue weighted by atomic mass is 10.1. The van der Waals surface area contributed by atoms with E-state index in [1.165, 1.54) is 5.56 Å². The minimum Gasteiger partial charge on any atom is -0.399 e. The van der Waals surface area contributed by atoms with Gasteiger partial charge in [0.2, 0.25) is 0 Å². The van der Waals surface area contributed by atoms with Crippen LogP contribution in [0.2, 0.25) is 0 Å². The first-order valence-corrected chi connectivity index (χ1v) is 6.84. The fourth-order valence-corrected chi connectivity index (χ4v) is 1.97. The third kappa shape index (κ3) is 5.52. The predicted octanol–water partition coefficient (Wildman–Crippen LogP) is 2.56. The second-order valence-electron chi connectivity index (χ2n) is 4.65. The average molecular weight is 250 g/mol. The maximum atomic E-state index is 5.84. The van der Waals surface area contributed by atoms with Crippen LogP contribution in [0, 0.1) is 0 Å². The number of likely N-dealkylation sites (N-methyl/N-ethyl adjacent to an activating group) is 1. The Hall–Kier alpha value is -1.06. The van der Waals surface area contributed by atoms with Crippen molar-refractivity contribution in [3.63, 3.8) is 0 Å². The molecule has 1 rings (SSSR count). The van der Waals surface area contributed by atoms with Gasteiger partial charge in [0.25, 0.3) is 0 Å². The molecule has 18 heavy (non-hydrogen) atoms. The van der Waals surface area contributed by atoms with Crippen LogP contribution in [-0.2, 0) is 11.2 Å². The molecule has 0 aliphatic heterocycles. The van der Waals surface area contributed by atoms with Crippen molar-refractivity contribution in [2.75, 3.05) is 32.0 Å². The molecule has 3 heteroatoms. The highest BCUT2D eigenvalue weighted by Gasteiger charge is 2.05. The largest absolute Gasteiger partial charge is 0.399 e. The Kier molecular flexibility index (Phi) is 6.76. The molecule has 0 heterocycles. The van der Waals surface area contributed by atoms with E-state index in [9.17, 15) is 0 Å². The number of hydrogen-bond donors (Lipinski definition) is 1. The molecule has 1 aromatic rings. The first-order chi connectivity index (χ1) is 8.65. The van der Waals surface area contributed by atoms with Gasteiger partial charge in [0.15, 0.2) is 0 Å². The molecule has 1 atom stereocenters. The zero-order chi connectivity index (χ0) is 13.4. The van der Waals surface area contributed by atoms with Gasteiger partial charge in [0.05, 0.1) is 12.7 Å². The number of nitrogens with zero attached hydrogens (tertiary/aromatic N) is 1. The minimum absolute atomic E-state index is 0.254. The van der Waals surface area contributed by atoms with Crippen LogP contribution in [0.25, 0.3) is 0 Å². The number of rotatable bonds is 8. The lowest BCUT2D eigenvalue weighted by Gasteiger charge is -2.20. The van der Waals surface area contributed by atoms with Crippen molar-refractivity contribution in [1.82, 2.24) is 4.90 Å². The monoisotopic (exact) mass is 250 g/mol. The van der Waals surface area contributed by atoms with Crippen LogP contribution < -0.4 is 5.73 Å². The second kappa shape index (κ2) is 8.11. The Balaban J connectivity index is 2.25. The molecule has 2 N–H and O–H groups in total. The lowest BCUT2D eigenvalue weighted by Crippen LogP contribution is -2.28. The third-order valence-corrected chi connectivity index (χ3v) is 3.21. The van der Waals surface area contributed by atoms with Crippen LogP contribution in [-0.4, -0.2) is 37.2 Å². The van der Waals surface area contributed by atoms with Gasteiger partial charge in [-0.05, 0) is 44.1 Å². The Morgan fingerprint density at radius 2 is 1.78 bits per heavy atom. The van der Waals surface area contributed by atoms with E-state index in [0.29, 0.717) is 0 Å². The highest BCUT2D eigenvalue weighted by atomic mass is 16.5. The maximum Gasteiger partial charge on any atom is 0.0597 e. The molecule has 1 aromatic carbocycles. The van der Waals surface area contributed by atoms with Crippen molar-refractivity contribution in [2.24, 2.45) is 0 Å². The van der Waals surface area contributed by atoms with Crippen molar-refractivity contribution in [1.29, 1.82) is 0 Å². The van der Waals surface area contributed by atoms with Crippen LogP contribution in [0.3, 0.4) is 0 Å². The number of nitrogen functional groups attached to an aromatic ring is 1. The van der Waals surface area contributed by atoms with E-state index in [0.717, 1.165) is 38.3 Å². The van der Waals surface area contributed by atoms with Gasteiger partial charge in [-0.2, -0.15) is 0 Å². The van der Waals surface area contributed by atoms with Crippen molar-refractivity contribution in [3.8, 4) is 0 Å². The lowest BCUT2D eigenvalue weighted by molar-refractivity contribution is 0.0504. The van der Waals surface area contributed by atoms with E-state index < -0.39 is 0 Å². The Bertz CT molecular complexity index is 320. The number of anilines is 1. The summed E-state index contributed by atoms with van der Waals surface area (Å²) in [6.45, 7) is 10.5. The number of hydrogen-bond acceptors (Lipinski definition) is 3. The van der Waals surface area contributed by atoms with Gasteiger partial charge < -0.3 is 15.4 Å². The Morgan fingerprint density at radius 3 is 2.33 bits per heavy atom. The maximum absolute atomic E-state index is 5.84. The van der Waals surface area contributed by atoms with Crippen LogP contribution in [0.5, 0.6) is 0 Å². The van der Waals surface area contributed by atoms with Gasteiger partial charge in [0, 0.05) is 12.2 Å². The van der Waals surface area contributed by atoms with Crippen molar-refractivity contribution >= 4 is 5.69 Å². The van der Waals surface area contributed by atoms with Gasteiger partial charge in [-0.25, -0.2) is 0 Å². The van der Waals surface area contributed by atoms with E-state index >= 15 is 0 Å². The molecule has 0 aliphatic rings. The summed E-state index contributed by atoms with van der Waals surface area (Å²) in [5, 5.41) is 0. The highest BCUT2D eigenvalue weighted by Crippen LogP contribution is 2.09. The average Bonchev–Trinajstić information content (AvgIpc) is 2.37. The molecule has 0 saturated carbocycles. The van der Waals surface area contributed by atoms with Gasteiger partial charge in [-0.15, -0.1) is 0 Å². The molecule has 102 valence electrons. The molecule has 0 spiro atoms. The minimum atomic E-state index is 0.254. The summed E-state index contributed by atoms with van der Waals surface area (Å²) in [6.07, 6.45) is 1.20.